The summed E-state index contributed by atoms with van der Waals surface area (Å²) >= 11 is 2.50. The molecule has 3 aromatic rings. The van der Waals surface area contributed by atoms with Crippen LogP contribution in [-0.4, -0.2) is 43.3 Å². The van der Waals surface area contributed by atoms with Gasteiger partial charge in [0.1, 0.15) is 21.5 Å². The number of para-hydroxylation sites is 1. The van der Waals surface area contributed by atoms with Crippen molar-refractivity contribution < 1.29 is 17.9 Å². The fourth-order valence-electron chi connectivity index (χ4n) is 3.31. The Balaban J connectivity index is 1.59. The molecule has 148 valence electrons. The van der Waals surface area contributed by atoms with E-state index in [1.165, 1.54) is 15.6 Å². The highest BCUT2D eigenvalue weighted by atomic mass is 32.2. The first-order valence-electron chi connectivity index (χ1n) is 8.80. The third kappa shape index (κ3) is 3.52. The van der Waals surface area contributed by atoms with Crippen molar-refractivity contribution in [1.82, 2.24) is 9.29 Å². The second-order valence-electron chi connectivity index (χ2n) is 6.37. The van der Waals surface area contributed by atoms with Crippen molar-refractivity contribution in [3.63, 3.8) is 0 Å². The topological polar surface area (TPSA) is 88.6 Å². The lowest BCUT2D eigenvalue weighted by molar-refractivity contribution is -0.120. The van der Waals surface area contributed by atoms with Crippen LogP contribution >= 0.6 is 22.7 Å². The van der Waals surface area contributed by atoms with Crippen LogP contribution in [0.4, 0.5) is 5.13 Å². The fourth-order valence-corrected chi connectivity index (χ4v) is 6.97. The quantitative estimate of drug-likeness (QED) is 0.659. The van der Waals surface area contributed by atoms with Crippen molar-refractivity contribution >= 4 is 54.0 Å². The summed E-state index contributed by atoms with van der Waals surface area (Å²) in [7, 11) is -2.12. The van der Waals surface area contributed by atoms with E-state index >= 15 is 0 Å². The number of hydrogen-bond acceptors (Lipinski definition) is 7. The highest BCUT2D eigenvalue weighted by Gasteiger charge is 2.38. The first-order valence-corrected chi connectivity index (χ1v) is 11.9. The molecule has 0 aliphatic carbocycles. The second kappa shape index (κ2) is 7.78. The summed E-state index contributed by atoms with van der Waals surface area (Å²) < 4.78 is 33.7. The van der Waals surface area contributed by atoms with E-state index in [2.05, 4.69) is 10.3 Å². The van der Waals surface area contributed by atoms with Gasteiger partial charge in [0.2, 0.25) is 5.91 Å². The number of amides is 1. The van der Waals surface area contributed by atoms with Crippen molar-refractivity contribution in [2.24, 2.45) is 0 Å². The molecule has 1 fully saturated rings. The lowest BCUT2D eigenvalue weighted by atomic mass is 10.0. The minimum Gasteiger partial charge on any atom is -0.494 e. The first-order chi connectivity index (χ1) is 13.5. The number of fused-ring (bicyclic) bond motifs is 1. The molecule has 1 aliphatic heterocycles. The smallest absolute Gasteiger partial charge is 0.253 e. The molecule has 0 bridgehead atoms. The molecule has 2 aromatic heterocycles. The third-order valence-corrected chi connectivity index (χ3v) is 8.86. The van der Waals surface area contributed by atoms with Crippen LogP contribution in [0.2, 0.25) is 0 Å². The number of aromatic nitrogens is 1. The molecule has 1 amide bonds. The van der Waals surface area contributed by atoms with Gasteiger partial charge in [-0.2, -0.15) is 4.31 Å². The van der Waals surface area contributed by atoms with Gasteiger partial charge in [-0.3, -0.25) is 4.79 Å². The number of thiazole rings is 1. The molecule has 10 heteroatoms. The Bertz CT molecular complexity index is 1090. The molecule has 1 saturated heterocycles. The Kier molecular flexibility index (Phi) is 5.37. The molecular formula is C18H19N3O4S3. The van der Waals surface area contributed by atoms with Crippen molar-refractivity contribution in [3.05, 3.63) is 35.7 Å². The van der Waals surface area contributed by atoms with Crippen LogP contribution in [0.5, 0.6) is 5.75 Å². The fraction of sp³-hybridized carbons (Fsp3) is 0.333. The Morgan fingerprint density at radius 1 is 1.29 bits per heavy atom. The molecule has 1 N–H and O–H groups in total. The SMILES string of the molecule is COc1cccc2sc(NC(=O)C3CCCCN3S(=O)(=O)c3cccs3)nc12. The largest absolute Gasteiger partial charge is 0.494 e. The summed E-state index contributed by atoms with van der Waals surface area (Å²) in [5, 5.41) is 4.97. The number of anilines is 1. The van der Waals surface area contributed by atoms with E-state index in [1.807, 2.05) is 18.2 Å². The van der Waals surface area contributed by atoms with Gasteiger partial charge in [-0.1, -0.05) is 29.9 Å². The zero-order valence-corrected chi connectivity index (χ0v) is 17.6. The number of nitrogens with zero attached hydrogens (tertiary/aromatic N) is 2. The van der Waals surface area contributed by atoms with Gasteiger partial charge in [0.15, 0.2) is 5.13 Å². The molecule has 7 nitrogen and oxygen atoms in total. The Morgan fingerprint density at radius 3 is 2.89 bits per heavy atom. The Hall–Kier alpha value is -2.01. The van der Waals surface area contributed by atoms with E-state index in [4.69, 9.17) is 4.74 Å². The predicted molar refractivity (Wildman–Crippen MR) is 111 cm³/mol. The molecule has 0 saturated carbocycles. The third-order valence-electron chi connectivity index (χ3n) is 4.65. The Labute approximate surface area is 171 Å². The number of sulfonamides is 1. The number of benzene rings is 1. The molecule has 1 unspecified atom stereocenters. The van der Waals surface area contributed by atoms with Crippen molar-refractivity contribution in [2.75, 3.05) is 19.0 Å². The van der Waals surface area contributed by atoms with Crippen LogP contribution in [0.25, 0.3) is 10.2 Å². The zero-order chi connectivity index (χ0) is 19.7. The first kappa shape index (κ1) is 19.3. The molecule has 1 atom stereocenters. The van der Waals surface area contributed by atoms with Crippen LogP contribution < -0.4 is 10.1 Å². The van der Waals surface area contributed by atoms with E-state index < -0.39 is 16.1 Å². The van der Waals surface area contributed by atoms with Gasteiger partial charge in [-0.05, 0) is 36.4 Å². The number of ether oxygens (including phenoxy) is 1. The molecular weight excluding hydrogens is 418 g/mol. The molecule has 1 aromatic carbocycles. The minimum absolute atomic E-state index is 0.261. The van der Waals surface area contributed by atoms with E-state index in [0.717, 1.165) is 28.9 Å². The molecule has 3 heterocycles. The normalized spacial score (nSPS) is 18.2. The van der Waals surface area contributed by atoms with Gasteiger partial charge in [0.25, 0.3) is 10.0 Å². The molecule has 1 aliphatic rings. The number of methoxy groups -OCH3 is 1. The number of carbonyl (C=O) groups is 1. The summed E-state index contributed by atoms with van der Waals surface area (Å²) in [6, 6.07) is 8.11. The van der Waals surface area contributed by atoms with Crippen molar-refractivity contribution in [2.45, 2.75) is 29.5 Å². The molecule has 28 heavy (non-hydrogen) atoms. The predicted octanol–water partition coefficient (Wildman–Crippen LogP) is 3.55. The van der Waals surface area contributed by atoms with E-state index in [9.17, 15) is 13.2 Å². The van der Waals surface area contributed by atoms with Crippen LogP contribution in [0, 0.1) is 0 Å². The number of carbonyl (C=O) groups excluding carboxylic acids is 1. The maximum absolute atomic E-state index is 13.0. The van der Waals surface area contributed by atoms with E-state index in [0.29, 0.717) is 29.4 Å². The van der Waals surface area contributed by atoms with Gasteiger partial charge >= 0.3 is 0 Å². The van der Waals surface area contributed by atoms with Crippen LogP contribution in [-0.2, 0) is 14.8 Å². The lowest BCUT2D eigenvalue weighted by Crippen LogP contribution is -2.49. The highest BCUT2D eigenvalue weighted by Crippen LogP contribution is 2.33. The van der Waals surface area contributed by atoms with Gasteiger partial charge in [0.05, 0.1) is 11.8 Å². The summed E-state index contributed by atoms with van der Waals surface area (Å²) in [5.41, 5.74) is 0.678. The van der Waals surface area contributed by atoms with E-state index in [-0.39, 0.29) is 10.1 Å². The van der Waals surface area contributed by atoms with Gasteiger partial charge in [0, 0.05) is 6.54 Å². The average molecular weight is 438 g/mol. The monoisotopic (exact) mass is 437 g/mol. The average Bonchev–Trinajstić information content (AvgIpc) is 3.37. The van der Waals surface area contributed by atoms with Crippen LogP contribution in [0.3, 0.4) is 0 Å². The van der Waals surface area contributed by atoms with Crippen LogP contribution in [0.15, 0.2) is 39.9 Å². The molecule has 0 radical (unpaired) electrons. The number of nitrogens with one attached hydrogen (secondary N) is 1. The standard InChI is InChI=1S/C18H19N3O4S3/c1-25-13-7-4-8-14-16(13)19-18(27-14)20-17(22)12-6-2-3-10-21(12)28(23,24)15-9-5-11-26-15/h4-5,7-9,11-12H,2-3,6,10H2,1H3,(H,19,20,22). The maximum atomic E-state index is 13.0. The Morgan fingerprint density at radius 2 is 2.14 bits per heavy atom. The maximum Gasteiger partial charge on any atom is 0.253 e. The summed E-state index contributed by atoms with van der Waals surface area (Å²) in [4.78, 5) is 17.4. The number of piperidine rings is 1. The zero-order valence-electron chi connectivity index (χ0n) is 15.1. The number of thiophene rings is 1. The summed E-state index contributed by atoms with van der Waals surface area (Å²) in [6.45, 7) is 0.339. The number of hydrogen-bond donors (Lipinski definition) is 1. The molecule has 4 rings (SSSR count). The van der Waals surface area contributed by atoms with Crippen molar-refractivity contribution in [1.29, 1.82) is 0 Å². The van der Waals surface area contributed by atoms with E-state index in [1.54, 1.807) is 24.6 Å². The van der Waals surface area contributed by atoms with Gasteiger partial charge < -0.3 is 10.1 Å². The van der Waals surface area contributed by atoms with Crippen molar-refractivity contribution in [3.8, 4) is 5.75 Å². The number of rotatable bonds is 5. The van der Waals surface area contributed by atoms with Gasteiger partial charge in [-0.15, -0.1) is 11.3 Å². The lowest BCUT2D eigenvalue weighted by Gasteiger charge is -2.32. The summed E-state index contributed by atoms with van der Waals surface area (Å²) in [5.74, 6) is 0.284. The second-order valence-corrected chi connectivity index (χ2v) is 10.5. The highest BCUT2D eigenvalue weighted by molar-refractivity contribution is 7.91. The minimum atomic E-state index is -3.69. The van der Waals surface area contributed by atoms with Gasteiger partial charge in [-0.25, -0.2) is 13.4 Å². The summed E-state index contributed by atoms with van der Waals surface area (Å²) in [6.07, 6.45) is 2.04. The molecule has 0 spiro atoms. The van der Waals surface area contributed by atoms with Crippen LogP contribution in [0.1, 0.15) is 19.3 Å².